The van der Waals surface area contributed by atoms with Gasteiger partial charge in [0.1, 0.15) is 0 Å². The van der Waals surface area contributed by atoms with Gasteiger partial charge in [-0.2, -0.15) is 0 Å². The van der Waals surface area contributed by atoms with Crippen molar-refractivity contribution in [3.8, 4) is 0 Å². The van der Waals surface area contributed by atoms with Crippen LogP contribution in [0.2, 0.25) is 0 Å². The van der Waals surface area contributed by atoms with Crippen LogP contribution < -0.4 is 16.9 Å². The van der Waals surface area contributed by atoms with Crippen molar-refractivity contribution < 1.29 is 0 Å². The largest absolute Gasteiger partial charge is 0.366 e. The minimum absolute atomic E-state index is 0.281. The molecule has 90 valence electrons. The average molecular weight is 224 g/mol. The zero-order chi connectivity index (χ0) is 11.5. The molecule has 2 atom stereocenters. The molecule has 1 aromatic rings. The van der Waals surface area contributed by atoms with E-state index >= 15 is 0 Å². The van der Waals surface area contributed by atoms with Gasteiger partial charge in [-0.25, -0.2) is 4.68 Å². The number of nitrogens with two attached hydrogens (primary N) is 2. The second kappa shape index (κ2) is 4.69. The minimum Gasteiger partial charge on any atom is -0.366 e. The molecule has 0 aliphatic carbocycles. The number of anilines is 1. The summed E-state index contributed by atoms with van der Waals surface area (Å²) in [4.78, 5) is 0. The van der Waals surface area contributed by atoms with Crippen LogP contribution in [0.1, 0.15) is 25.6 Å². The molecule has 0 radical (unpaired) electrons. The smallest absolute Gasteiger partial charge is 0.240 e. The highest BCUT2D eigenvalue weighted by atomic mass is 15.4. The van der Waals surface area contributed by atoms with Crippen molar-refractivity contribution in [1.29, 1.82) is 0 Å². The summed E-state index contributed by atoms with van der Waals surface area (Å²) in [6.07, 6.45) is 3.38. The Morgan fingerprint density at radius 2 is 2.38 bits per heavy atom. The Morgan fingerprint density at radius 3 is 2.94 bits per heavy atom. The number of rotatable bonds is 3. The van der Waals surface area contributed by atoms with E-state index in [0.29, 0.717) is 11.8 Å². The van der Waals surface area contributed by atoms with Crippen molar-refractivity contribution >= 4 is 5.95 Å². The van der Waals surface area contributed by atoms with Crippen LogP contribution in [0.15, 0.2) is 0 Å². The van der Waals surface area contributed by atoms with Crippen LogP contribution in [0.5, 0.6) is 0 Å². The fourth-order valence-corrected chi connectivity index (χ4v) is 2.30. The molecule has 0 amide bonds. The number of aromatic nitrogens is 3. The molecule has 2 rings (SSSR count). The van der Waals surface area contributed by atoms with Crippen molar-refractivity contribution in [1.82, 2.24) is 20.2 Å². The standard InChI is InChI=1S/C10H20N6/c1-7(8-3-2-4-13-6-8)5-9-14-15-10(11)16(9)12/h7-8,13H,2-6,12H2,1H3,(H2,11,15). The van der Waals surface area contributed by atoms with Crippen LogP contribution in [-0.2, 0) is 6.42 Å². The SMILES string of the molecule is CC(Cc1nnc(N)n1N)C1CCCNC1. The van der Waals surface area contributed by atoms with E-state index in [1.54, 1.807) is 0 Å². The van der Waals surface area contributed by atoms with E-state index in [-0.39, 0.29) is 5.95 Å². The van der Waals surface area contributed by atoms with Crippen LogP contribution in [0, 0.1) is 11.8 Å². The maximum Gasteiger partial charge on any atom is 0.240 e. The quantitative estimate of drug-likeness (QED) is 0.616. The molecule has 5 N–H and O–H groups in total. The van der Waals surface area contributed by atoms with Crippen LogP contribution in [0.4, 0.5) is 5.95 Å². The van der Waals surface area contributed by atoms with Crippen LogP contribution in [-0.4, -0.2) is 28.0 Å². The normalized spacial score (nSPS) is 23.2. The average Bonchev–Trinajstić information content (AvgIpc) is 2.62. The van der Waals surface area contributed by atoms with Crippen LogP contribution in [0.3, 0.4) is 0 Å². The molecule has 2 unspecified atom stereocenters. The van der Waals surface area contributed by atoms with Crippen molar-refractivity contribution in [2.75, 3.05) is 24.7 Å². The molecule has 1 aliphatic rings. The number of nitrogen functional groups attached to an aromatic ring is 2. The topological polar surface area (TPSA) is 94.8 Å². The molecule has 1 aromatic heterocycles. The molecule has 1 fully saturated rings. The molecule has 0 bridgehead atoms. The highest BCUT2D eigenvalue weighted by Gasteiger charge is 2.22. The van der Waals surface area contributed by atoms with E-state index in [0.717, 1.165) is 25.3 Å². The molecule has 16 heavy (non-hydrogen) atoms. The summed E-state index contributed by atoms with van der Waals surface area (Å²) in [6.45, 7) is 4.47. The Labute approximate surface area is 95.4 Å². The van der Waals surface area contributed by atoms with Gasteiger partial charge < -0.3 is 16.9 Å². The van der Waals surface area contributed by atoms with Crippen molar-refractivity contribution in [3.63, 3.8) is 0 Å². The zero-order valence-electron chi connectivity index (χ0n) is 9.69. The second-order valence-electron chi connectivity index (χ2n) is 4.63. The van der Waals surface area contributed by atoms with Gasteiger partial charge in [0.25, 0.3) is 0 Å². The molecule has 0 spiro atoms. The number of hydrogen-bond acceptors (Lipinski definition) is 5. The molecular weight excluding hydrogens is 204 g/mol. The summed E-state index contributed by atoms with van der Waals surface area (Å²) in [5.41, 5.74) is 5.55. The zero-order valence-corrected chi connectivity index (χ0v) is 9.69. The Bertz CT molecular complexity index is 341. The summed E-state index contributed by atoms with van der Waals surface area (Å²) < 4.78 is 1.38. The number of nitrogens with zero attached hydrogens (tertiary/aromatic N) is 3. The van der Waals surface area contributed by atoms with Gasteiger partial charge in [0.15, 0.2) is 5.82 Å². The maximum absolute atomic E-state index is 5.73. The van der Waals surface area contributed by atoms with Crippen molar-refractivity contribution in [3.05, 3.63) is 5.82 Å². The lowest BCUT2D eigenvalue weighted by Crippen LogP contribution is -2.34. The molecule has 6 heteroatoms. The number of piperidine rings is 1. The third-order valence-electron chi connectivity index (χ3n) is 3.44. The van der Waals surface area contributed by atoms with E-state index in [2.05, 4.69) is 22.4 Å². The predicted octanol–water partition coefficient (Wildman–Crippen LogP) is -0.248. The first-order valence-corrected chi connectivity index (χ1v) is 5.84. The fourth-order valence-electron chi connectivity index (χ4n) is 2.30. The summed E-state index contributed by atoms with van der Waals surface area (Å²) in [5.74, 6) is 8.04. The van der Waals surface area contributed by atoms with Crippen molar-refractivity contribution in [2.45, 2.75) is 26.2 Å². The lowest BCUT2D eigenvalue weighted by Gasteiger charge is -2.27. The molecule has 1 aliphatic heterocycles. The Balaban J connectivity index is 1.95. The van der Waals surface area contributed by atoms with E-state index < -0.39 is 0 Å². The first kappa shape index (κ1) is 11.2. The monoisotopic (exact) mass is 224 g/mol. The highest BCUT2D eigenvalue weighted by molar-refractivity contribution is 5.17. The first-order valence-electron chi connectivity index (χ1n) is 5.84. The van der Waals surface area contributed by atoms with Gasteiger partial charge in [-0.15, -0.1) is 10.2 Å². The summed E-state index contributed by atoms with van der Waals surface area (Å²) in [5, 5.41) is 11.2. The van der Waals surface area contributed by atoms with Gasteiger partial charge in [0.05, 0.1) is 0 Å². The fraction of sp³-hybridized carbons (Fsp3) is 0.800. The summed E-state index contributed by atoms with van der Waals surface area (Å²) in [7, 11) is 0. The molecule has 1 saturated heterocycles. The lowest BCUT2D eigenvalue weighted by molar-refractivity contribution is 0.275. The minimum atomic E-state index is 0.281. The number of nitrogens with one attached hydrogen (secondary N) is 1. The van der Waals surface area contributed by atoms with Crippen molar-refractivity contribution in [2.24, 2.45) is 11.8 Å². The molecule has 6 nitrogen and oxygen atoms in total. The van der Waals surface area contributed by atoms with E-state index in [1.807, 2.05) is 0 Å². The highest BCUT2D eigenvalue weighted by Crippen LogP contribution is 2.22. The van der Waals surface area contributed by atoms with E-state index in [4.69, 9.17) is 11.6 Å². The Morgan fingerprint density at radius 1 is 1.56 bits per heavy atom. The van der Waals surface area contributed by atoms with Gasteiger partial charge >= 0.3 is 0 Å². The Kier molecular flexibility index (Phi) is 3.28. The van der Waals surface area contributed by atoms with E-state index in [1.165, 1.54) is 17.5 Å². The summed E-state index contributed by atoms with van der Waals surface area (Å²) >= 11 is 0. The predicted molar refractivity (Wildman–Crippen MR) is 63.0 cm³/mol. The third kappa shape index (κ3) is 2.27. The maximum atomic E-state index is 5.73. The molecular formula is C10H20N6. The third-order valence-corrected chi connectivity index (χ3v) is 3.44. The first-order chi connectivity index (χ1) is 7.68. The van der Waals surface area contributed by atoms with Crippen LogP contribution in [0.25, 0.3) is 0 Å². The van der Waals surface area contributed by atoms with Gasteiger partial charge in [0.2, 0.25) is 5.95 Å². The van der Waals surface area contributed by atoms with E-state index in [9.17, 15) is 0 Å². The molecule has 2 heterocycles. The number of hydrogen-bond donors (Lipinski definition) is 3. The Hall–Kier alpha value is -1.30. The van der Waals surface area contributed by atoms with Gasteiger partial charge in [-0.1, -0.05) is 6.92 Å². The molecule has 0 aromatic carbocycles. The second-order valence-corrected chi connectivity index (χ2v) is 4.63. The van der Waals surface area contributed by atoms with Gasteiger partial charge in [0, 0.05) is 6.42 Å². The lowest BCUT2D eigenvalue weighted by atomic mass is 9.85. The van der Waals surface area contributed by atoms with Gasteiger partial charge in [-0.05, 0) is 37.8 Å². The summed E-state index contributed by atoms with van der Waals surface area (Å²) in [6, 6.07) is 0. The van der Waals surface area contributed by atoms with Crippen LogP contribution >= 0.6 is 0 Å². The molecule has 0 saturated carbocycles. The van der Waals surface area contributed by atoms with Gasteiger partial charge in [-0.3, -0.25) is 0 Å².